The normalized spacial score (nSPS) is 11.9. The Balaban J connectivity index is 0.00000529. The third kappa shape index (κ3) is 8.51. The van der Waals surface area contributed by atoms with Gasteiger partial charge in [0.05, 0.1) is 12.7 Å². The molecule has 0 fully saturated rings. The number of carbonyl (C=O) groups is 1. The summed E-state index contributed by atoms with van der Waals surface area (Å²) in [5, 5.41) is 9.05. The van der Waals surface area contributed by atoms with E-state index in [9.17, 15) is 4.79 Å². The molecule has 0 aromatic carbocycles. The van der Waals surface area contributed by atoms with Crippen LogP contribution in [0.5, 0.6) is 0 Å². The molecule has 0 saturated heterocycles. The second kappa shape index (κ2) is 10.5. The first-order valence-electron chi connectivity index (χ1n) is 7.91. The van der Waals surface area contributed by atoms with Gasteiger partial charge in [0, 0.05) is 31.5 Å². The molecule has 0 spiro atoms. The van der Waals surface area contributed by atoms with Gasteiger partial charge in [0.15, 0.2) is 5.96 Å². The van der Waals surface area contributed by atoms with Crippen molar-refractivity contribution in [2.24, 2.45) is 4.99 Å². The van der Waals surface area contributed by atoms with E-state index in [4.69, 9.17) is 4.42 Å². The van der Waals surface area contributed by atoms with Crippen LogP contribution in [0.3, 0.4) is 0 Å². The molecule has 0 aliphatic rings. The van der Waals surface area contributed by atoms with Gasteiger partial charge < -0.3 is 20.4 Å². The van der Waals surface area contributed by atoms with Crippen molar-refractivity contribution in [3.8, 4) is 0 Å². The summed E-state index contributed by atoms with van der Waals surface area (Å²) in [6.07, 6.45) is 2.15. The maximum atomic E-state index is 11.6. The second-order valence-electron chi connectivity index (χ2n) is 6.69. The van der Waals surface area contributed by atoms with E-state index in [1.54, 1.807) is 13.2 Å². The van der Waals surface area contributed by atoms with Crippen molar-refractivity contribution in [2.45, 2.75) is 59.0 Å². The molecule has 7 nitrogen and oxygen atoms in total. The van der Waals surface area contributed by atoms with Gasteiger partial charge in [0.1, 0.15) is 5.76 Å². The van der Waals surface area contributed by atoms with Crippen molar-refractivity contribution >= 4 is 35.8 Å². The first kappa shape index (κ1) is 22.7. The summed E-state index contributed by atoms with van der Waals surface area (Å²) >= 11 is 0. The number of nitrogens with one attached hydrogen (secondary N) is 3. The fraction of sp³-hybridized carbons (Fsp3) is 0.688. The third-order valence-electron chi connectivity index (χ3n) is 3.02. The summed E-state index contributed by atoms with van der Waals surface area (Å²) < 4.78 is 5.71. The molecule has 0 unspecified atom stereocenters. The average Bonchev–Trinajstić information content (AvgIpc) is 2.90. The number of aromatic nitrogens is 1. The molecule has 138 valence electrons. The van der Waals surface area contributed by atoms with Crippen LogP contribution in [0.2, 0.25) is 0 Å². The van der Waals surface area contributed by atoms with Crippen LogP contribution in [0.25, 0.3) is 0 Å². The van der Waals surface area contributed by atoms with Crippen LogP contribution >= 0.6 is 24.0 Å². The second-order valence-corrected chi connectivity index (χ2v) is 6.69. The monoisotopic (exact) mass is 451 g/mol. The van der Waals surface area contributed by atoms with E-state index < -0.39 is 0 Å². The number of nitrogens with zero attached hydrogens (tertiary/aromatic N) is 2. The first-order valence-corrected chi connectivity index (χ1v) is 7.91. The van der Waals surface area contributed by atoms with Gasteiger partial charge in [-0.2, -0.15) is 0 Å². The molecule has 1 heterocycles. The topological polar surface area (TPSA) is 91.5 Å². The van der Waals surface area contributed by atoms with Crippen molar-refractivity contribution < 1.29 is 9.21 Å². The number of amides is 1. The van der Waals surface area contributed by atoms with Crippen LogP contribution in [0, 0.1) is 0 Å². The number of rotatable bonds is 6. The van der Waals surface area contributed by atoms with E-state index in [1.165, 1.54) is 0 Å². The standard InChI is InChI=1S/C16H29N5O2.HI/c1-11(2)21-13(22)7-8-18-15(17-6)20-10-14-19-9-12(23-14)16(3,4)5;/h9,11H,7-8,10H2,1-6H3,(H,21,22)(H2,17,18,20);1H. The Hall–Kier alpha value is -1.32. The summed E-state index contributed by atoms with van der Waals surface area (Å²) in [7, 11) is 1.68. The molecule has 0 bridgehead atoms. The Kier molecular flexibility index (Phi) is 9.95. The van der Waals surface area contributed by atoms with Gasteiger partial charge in [-0.3, -0.25) is 9.79 Å². The highest BCUT2D eigenvalue weighted by atomic mass is 127. The highest BCUT2D eigenvalue weighted by molar-refractivity contribution is 14.0. The third-order valence-corrected chi connectivity index (χ3v) is 3.02. The molecule has 1 amide bonds. The molecule has 3 N–H and O–H groups in total. The van der Waals surface area contributed by atoms with Crippen LogP contribution < -0.4 is 16.0 Å². The smallest absolute Gasteiger partial charge is 0.221 e. The summed E-state index contributed by atoms with van der Waals surface area (Å²) in [6, 6.07) is 0.155. The molecule has 1 aromatic heterocycles. The largest absolute Gasteiger partial charge is 0.443 e. The lowest BCUT2D eigenvalue weighted by atomic mass is 9.94. The Morgan fingerprint density at radius 3 is 2.50 bits per heavy atom. The molecule has 1 aromatic rings. The first-order chi connectivity index (χ1) is 10.7. The number of oxazole rings is 1. The molecule has 8 heteroatoms. The van der Waals surface area contributed by atoms with Crippen molar-refractivity contribution in [3.05, 3.63) is 17.8 Å². The number of hydrogen-bond acceptors (Lipinski definition) is 4. The van der Waals surface area contributed by atoms with Gasteiger partial charge >= 0.3 is 0 Å². The molecular weight excluding hydrogens is 421 g/mol. The fourth-order valence-electron chi connectivity index (χ4n) is 1.81. The fourth-order valence-corrected chi connectivity index (χ4v) is 1.81. The summed E-state index contributed by atoms with van der Waals surface area (Å²) in [4.78, 5) is 19.9. The van der Waals surface area contributed by atoms with Gasteiger partial charge in [-0.1, -0.05) is 20.8 Å². The lowest BCUT2D eigenvalue weighted by Crippen LogP contribution is -2.39. The summed E-state index contributed by atoms with van der Waals surface area (Å²) in [5.74, 6) is 2.08. The number of aliphatic imine (C=N–C) groups is 1. The lowest BCUT2D eigenvalue weighted by Gasteiger charge is -2.13. The Morgan fingerprint density at radius 1 is 1.33 bits per heavy atom. The van der Waals surface area contributed by atoms with Gasteiger partial charge in [-0.15, -0.1) is 24.0 Å². The summed E-state index contributed by atoms with van der Waals surface area (Å²) in [5.41, 5.74) is -0.0606. The Labute approximate surface area is 161 Å². The molecule has 0 aliphatic carbocycles. The van der Waals surface area contributed by atoms with Crippen LogP contribution in [0.1, 0.15) is 52.7 Å². The van der Waals surface area contributed by atoms with Crippen LogP contribution in [0.4, 0.5) is 0 Å². The lowest BCUT2D eigenvalue weighted by molar-refractivity contribution is -0.121. The quantitative estimate of drug-likeness (QED) is 0.351. The van der Waals surface area contributed by atoms with Crippen molar-refractivity contribution in [3.63, 3.8) is 0 Å². The zero-order chi connectivity index (χ0) is 17.5. The van der Waals surface area contributed by atoms with Crippen LogP contribution in [0.15, 0.2) is 15.6 Å². The molecule has 0 aliphatic heterocycles. The summed E-state index contributed by atoms with van der Waals surface area (Å²) in [6.45, 7) is 11.1. The minimum Gasteiger partial charge on any atom is -0.443 e. The minimum absolute atomic E-state index is 0. The molecule has 24 heavy (non-hydrogen) atoms. The van der Waals surface area contributed by atoms with E-state index in [0.29, 0.717) is 31.4 Å². The van der Waals surface area contributed by atoms with Gasteiger partial charge in [0.25, 0.3) is 0 Å². The highest BCUT2D eigenvalue weighted by Crippen LogP contribution is 2.22. The van der Waals surface area contributed by atoms with E-state index in [1.807, 2.05) is 13.8 Å². The van der Waals surface area contributed by atoms with E-state index in [2.05, 4.69) is 46.7 Å². The maximum absolute atomic E-state index is 11.6. The highest BCUT2D eigenvalue weighted by Gasteiger charge is 2.19. The van der Waals surface area contributed by atoms with E-state index in [0.717, 1.165) is 5.76 Å². The van der Waals surface area contributed by atoms with E-state index in [-0.39, 0.29) is 41.3 Å². The zero-order valence-corrected chi connectivity index (χ0v) is 17.7. The zero-order valence-electron chi connectivity index (χ0n) is 15.4. The Morgan fingerprint density at radius 2 is 2.00 bits per heavy atom. The molecular formula is C16H30IN5O2. The SMILES string of the molecule is CN=C(NCCC(=O)NC(C)C)NCc1ncc(C(C)(C)C)o1.I. The van der Waals surface area contributed by atoms with Crippen molar-refractivity contribution in [2.75, 3.05) is 13.6 Å². The van der Waals surface area contributed by atoms with Gasteiger partial charge in [-0.25, -0.2) is 4.98 Å². The van der Waals surface area contributed by atoms with E-state index >= 15 is 0 Å². The minimum atomic E-state index is -0.0606. The molecule has 1 rings (SSSR count). The van der Waals surface area contributed by atoms with Gasteiger partial charge in [0.2, 0.25) is 11.8 Å². The molecule has 0 saturated carbocycles. The average molecular weight is 451 g/mol. The van der Waals surface area contributed by atoms with Crippen molar-refractivity contribution in [1.82, 2.24) is 20.9 Å². The predicted molar refractivity (Wildman–Crippen MR) is 107 cm³/mol. The predicted octanol–water partition coefficient (Wildman–Crippen LogP) is 2.17. The number of hydrogen-bond donors (Lipinski definition) is 3. The molecule has 0 atom stereocenters. The molecule has 0 radical (unpaired) electrons. The van der Waals surface area contributed by atoms with Crippen LogP contribution in [-0.4, -0.2) is 36.5 Å². The number of carbonyl (C=O) groups excluding carboxylic acids is 1. The van der Waals surface area contributed by atoms with Gasteiger partial charge in [-0.05, 0) is 13.8 Å². The maximum Gasteiger partial charge on any atom is 0.221 e. The number of halogens is 1. The van der Waals surface area contributed by atoms with Crippen molar-refractivity contribution in [1.29, 1.82) is 0 Å². The number of guanidine groups is 1. The Bertz CT molecular complexity index is 535. The van der Waals surface area contributed by atoms with Crippen LogP contribution in [-0.2, 0) is 16.8 Å².